The number of rotatable bonds is 6. The van der Waals surface area contributed by atoms with Crippen LogP contribution in [0.25, 0.3) is 0 Å². The number of hydrogen-bond donors (Lipinski definition) is 1. The Morgan fingerprint density at radius 2 is 1.38 bits per heavy atom. The van der Waals surface area contributed by atoms with E-state index in [2.05, 4.69) is 21.2 Å². The smallest absolute Gasteiger partial charge is 0.244 e. The molecule has 4 rings (SSSR count). The number of sulfonamides is 2. The second kappa shape index (κ2) is 9.96. The number of amides is 1. The molecular weight excluding hydrogens is 542 g/mol. The lowest BCUT2D eigenvalue weighted by atomic mass is 10.2. The second-order valence-electron chi connectivity index (χ2n) is 7.62. The lowest BCUT2D eigenvalue weighted by molar-refractivity contribution is -0.120. The summed E-state index contributed by atoms with van der Waals surface area (Å²) in [7, 11) is -7.97. The van der Waals surface area contributed by atoms with Gasteiger partial charge in [0, 0.05) is 29.8 Å². The lowest BCUT2D eigenvalue weighted by Gasteiger charge is -2.38. The van der Waals surface area contributed by atoms with Gasteiger partial charge in [-0.15, -0.1) is 0 Å². The summed E-state index contributed by atoms with van der Waals surface area (Å²) in [4.78, 5) is 13.4. The van der Waals surface area contributed by atoms with Crippen molar-refractivity contribution < 1.29 is 21.6 Å². The van der Waals surface area contributed by atoms with Crippen molar-refractivity contribution in [3.05, 3.63) is 89.4 Å². The van der Waals surface area contributed by atoms with Crippen molar-refractivity contribution in [1.29, 1.82) is 0 Å². The van der Waals surface area contributed by atoms with Crippen LogP contribution in [0, 0.1) is 0 Å². The normalized spacial score (nSPS) is 17.9. The average molecular weight is 564 g/mol. The fraction of sp³-hybridized carbons (Fsp3) is 0.174. The van der Waals surface area contributed by atoms with E-state index in [9.17, 15) is 21.6 Å². The zero-order chi connectivity index (χ0) is 24.3. The SMILES string of the molecule is O=C(Nc1cccc(Br)c1)[C@@H]1CN(S(=O)(=O)c2ccccc2)CCN1S(=O)(=O)c1ccccc1. The molecule has 1 saturated heterocycles. The van der Waals surface area contributed by atoms with E-state index in [1.54, 1.807) is 60.7 Å². The number of nitrogens with one attached hydrogen (secondary N) is 1. The van der Waals surface area contributed by atoms with E-state index >= 15 is 0 Å². The van der Waals surface area contributed by atoms with Crippen molar-refractivity contribution in [2.75, 3.05) is 25.0 Å². The molecule has 178 valence electrons. The maximum Gasteiger partial charge on any atom is 0.244 e. The van der Waals surface area contributed by atoms with Crippen LogP contribution in [0.1, 0.15) is 0 Å². The Balaban J connectivity index is 1.69. The van der Waals surface area contributed by atoms with Crippen molar-refractivity contribution in [2.24, 2.45) is 0 Å². The summed E-state index contributed by atoms with van der Waals surface area (Å²) in [6.07, 6.45) is 0. The highest BCUT2D eigenvalue weighted by Gasteiger charge is 2.43. The van der Waals surface area contributed by atoms with Gasteiger partial charge in [0.1, 0.15) is 6.04 Å². The van der Waals surface area contributed by atoms with Crippen molar-refractivity contribution in [2.45, 2.75) is 15.8 Å². The first kappa shape index (κ1) is 24.6. The topological polar surface area (TPSA) is 104 Å². The lowest BCUT2D eigenvalue weighted by Crippen LogP contribution is -2.60. The van der Waals surface area contributed by atoms with Crippen molar-refractivity contribution in [3.8, 4) is 0 Å². The highest BCUT2D eigenvalue weighted by Crippen LogP contribution is 2.26. The molecule has 0 radical (unpaired) electrons. The van der Waals surface area contributed by atoms with E-state index in [1.165, 1.54) is 24.3 Å². The quantitative estimate of drug-likeness (QED) is 0.496. The van der Waals surface area contributed by atoms with E-state index in [0.717, 1.165) is 13.1 Å². The van der Waals surface area contributed by atoms with E-state index in [0.29, 0.717) is 5.69 Å². The van der Waals surface area contributed by atoms with Crippen LogP contribution in [0.2, 0.25) is 0 Å². The van der Waals surface area contributed by atoms with Crippen LogP contribution in [-0.2, 0) is 24.8 Å². The van der Waals surface area contributed by atoms with Gasteiger partial charge in [0.05, 0.1) is 9.79 Å². The number of carbonyl (C=O) groups is 1. The molecule has 1 fully saturated rings. The molecule has 1 N–H and O–H groups in total. The van der Waals surface area contributed by atoms with Gasteiger partial charge in [-0.1, -0.05) is 58.4 Å². The molecule has 1 aliphatic rings. The third kappa shape index (κ3) is 5.08. The number of hydrogen-bond acceptors (Lipinski definition) is 5. The molecule has 0 aromatic heterocycles. The van der Waals surface area contributed by atoms with Crippen LogP contribution in [0.4, 0.5) is 5.69 Å². The van der Waals surface area contributed by atoms with Gasteiger partial charge in [-0.3, -0.25) is 4.79 Å². The summed E-state index contributed by atoms with van der Waals surface area (Å²) >= 11 is 3.34. The zero-order valence-electron chi connectivity index (χ0n) is 17.9. The molecule has 11 heteroatoms. The predicted molar refractivity (Wildman–Crippen MR) is 132 cm³/mol. The van der Waals surface area contributed by atoms with Crippen molar-refractivity contribution >= 4 is 47.6 Å². The van der Waals surface area contributed by atoms with E-state index < -0.39 is 32.0 Å². The molecule has 3 aromatic rings. The fourth-order valence-corrected chi connectivity index (χ4v) is 7.17. The molecule has 0 aliphatic carbocycles. The monoisotopic (exact) mass is 563 g/mol. The summed E-state index contributed by atoms with van der Waals surface area (Å²) in [5.74, 6) is -0.620. The molecule has 1 amide bonds. The Kier molecular flexibility index (Phi) is 7.20. The van der Waals surface area contributed by atoms with Gasteiger partial charge in [0.15, 0.2) is 0 Å². The van der Waals surface area contributed by atoms with Gasteiger partial charge < -0.3 is 5.32 Å². The Morgan fingerprint density at radius 3 is 1.97 bits per heavy atom. The highest BCUT2D eigenvalue weighted by atomic mass is 79.9. The molecule has 0 spiro atoms. The minimum atomic E-state index is -4.05. The van der Waals surface area contributed by atoms with Crippen LogP contribution in [-0.4, -0.2) is 57.0 Å². The number of nitrogens with zero attached hydrogens (tertiary/aromatic N) is 2. The molecule has 1 heterocycles. The molecular formula is C23H22BrN3O5S2. The van der Waals surface area contributed by atoms with Gasteiger partial charge in [-0.25, -0.2) is 16.8 Å². The first-order valence-electron chi connectivity index (χ1n) is 10.4. The number of anilines is 1. The van der Waals surface area contributed by atoms with Crippen LogP contribution >= 0.6 is 15.9 Å². The van der Waals surface area contributed by atoms with Gasteiger partial charge in [-0.05, 0) is 42.5 Å². The Hall–Kier alpha value is -2.57. The first-order chi connectivity index (χ1) is 16.2. The number of benzene rings is 3. The molecule has 1 aliphatic heterocycles. The van der Waals surface area contributed by atoms with Crippen LogP contribution in [0.5, 0.6) is 0 Å². The fourth-order valence-electron chi connectivity index (χ4n) is 3.72. The Bertz CT molecular complexity index is 1380. The zero-order valence-corrected chi connectivity index (χ0v) is 21.1. The van der Waals surface area contributed by atoms with E-state index in [4.69, 9.17) is 0 Å². The summed E-state index contributed by atoms with van der Waals surface area (Å²) in [6.45, 7) is -0.563. The average Bonchev–Trinajstić information content (AvgIpc) is 2.84. The number of piperazine rings is 1. The van der Waals surface area contributed by atoms with Crippen molar-refractivity contribution in [3.63, 3.8) is 0 Å². The highest BCUT2D eigenvalue weighted by molar-refractivity contribution is 9.10. The van der Waals surface area contributed by atoms with Gasteiger partial charge >= 0.3 is 0 Å². The third-order valence-corrected chi connectivity index (χ3v) is 9.71. The predicted octanol–water partition coefficient (Wildman–Crippen LogP) is 3.15. The second-order valence-corrected chi connectivity index (χ2v) is 12.4. The minimum absolute atomic E-state index is 0.0367. The maximum absolute atomic E-state index is 13.4. The largest absolute Gasteiger partial charge is 0.325 e. The number of carbonyl (C=O) groups excluding carboxylic acids is 1. The summed E-state index contributed by atoms with van der Waals surface area (Å²) < 4.78 is 56.2. The van der Waals surface area contributed by atoms with Crippen molar-refractivity contribution in [1.82, 2.24) is 8.61 Å². The van der Waals surface area contributed by atoms with E-state index in [1.807, 2.05) is 0 Å². The standard InChI is InChI=1S/C23H22BrN3O5S2/c24-18-8-7-9-19(16-18)25-23(28)22-17-26(33(29,30)20-10-3-1-4-11-20)14-15-27(22)34(31,32)21-12-5-2-6-13-21/h1-13,16,22H,14-15,17H2,(H,25,28)/t22-/m0/s1. The van der Waals surface area contributed by atoms with Gasteiger partial charge in [0.25, 0.3) is 0 Å². The summed E-state index contributed by atoms with van der Waals surface area (Å²) in [5.41, 5.74) is 0.458. The molecule has 8 nitrogen and oxygen atoms in total. The minimum Gasteiger partial charge on any atom is -0.325 e. The maximum atomic E-state index is 13.4. The Morgan fingerprint density at radius 1 is 0.794 bits per heavy atom. The molecule has 0 saturated carbocycles. The Labute approximate surface area is 207 Å². The first-order valence-corrected chi connectivity index (χ1v) is 14.1. The molecule has 34 heavy (non-hydrogen) atoms. The third-order valence-electron chi connectivity index (χ3n) is 5.42. The van der Waals surface area contributed by atoms with E-state index in [-0.39, 0.29) is 29.4 Å². The summed E-state index contributed by atoms with van der Waals surface area (Å²) in [6, 6.07) is 21.3. The van der Waals surface area contributed by atoms with Crippen LogP contribution in [0.15, 0.2) is 99.2 Å². The van der Waals surface area contributed by atoms with Crippen LogP contribution in [0.3, 0.4) is 0 Å². The molecule has 0 bridgehead atoms. The van der Waals surface area contributed by atoms with Gasteiger partial charge in [0.2, 0.25) is 26.0 Å². The molecule has 0 unspecified atom stereocenters. The van der Waals surface area contributed by atoms with Gasteiger partial charge in [-0.2, -0.15) is 8.61 Å². The number of halogens is 1. The summed E-state index contributed by atoms with van der Waals surface area (Å²) in [5, 5.41) is 2.72. The van der Waals surface area contributed by atoms with Crippen LogP contribution < -0.4 is 5.32 Å². The molecule has 1 atom stereocenters. The molecule has 3 aromatic carbocycles.